The summed E-state index contributed by atoms with van der Waals surface area (Å²) in [5.41, 5.74) is 3.23. The van der Waals surface area contributed by atoms with Crippen LogP contribution in [0.15, 0.2) is 47.4 Å². The second-order valence-corrected chi connectivity index (χ2v) is 8.61. The van der Waals surface area contributed by atoms with Crippen LogP contribution in [-0.2, 0) is 14.8 Å². The third-order valence-corrected chi connectivity index (χ3v) is 5.87. The second kappa shape index (κ2) is 8.21. The molecule has 1 amide bonds. The first-order valence-corrected chi connectivity index (χ1v) is 10.4. The zero-order valence-corrected chi connectivity index (χ0v) is 16.3. The quantitative estimate of drug-likeness (QED) is 0.797. The highest BCUT2D eigenvalue weighted by Gasteiger charge is 2.20. The summed E-state index contributed by atoms with van der Waals surface area (Å²) in [4.78, 5) is 12.5. The number of rotatable bonds is 6. The van der Waals surface area contributed by atoms with Gasteiger partial charge in [-0.3, -0.25) is 4.79 Å². The van der Waals surface area contributed by atoms with E-state index in [-0.39, 0.29) is 23.5 Å². The number of hydrogen-bond acceptors (Lipinski definition) is 4. The highest BCUT2D eigenvalue weighted by Crippen LogP contribution is 2.17. The van der Waals surface area contributed by atoms with Gasteiger partial charge >= 0.3 is 0 Å². The molecule has 0 bridgehead atoms. The second-order valence-electron chi connectivity index (χ2n) is 6.84. The predicted octanol–water partition coefficient (Wildman–Crippen LogP) is 3.01. The number of amides is 1. The van der Waals surface area contributed by atoms with Crippen molar-refractivity contribution >= 4 is 21.6 Å². The molecule has 1 aliphatic rings. The predicted molar refractivity (Wildman–Crippen MR) is 104 cm³/mol. The number of ether oxygens (including phenoxy) is 1. The summed E-state index contributed by atoms with van der Waals surface area (Å²) in [6.45, 7) is 4.87. The van der Waals surface area contributed by atoms with Crippen molar-refractivity contribution in [2.45, 2.75) is 37.7 Å². The molecule has 0 spiro atoms. The monoisotopic (exact) mass is 388 g/mol. The molecule has 27 heavy (non-hydrogen) atoms. The Labute approximate surface area is 160 Å². The van der Waals surface area contributed by atoms with Crippen LogP contribution in [0.4, 0.5) is 5.69 Å². The summed E-state index contributed by atoms with van der Waals surface area (Å²) in [6, 6.07) is 11.7. The van der Waals surface area contributed by atoms with Gasteiger partial charge in [0.1, 0.15) is 0 Å². The molecule has 1 heterocycles. The lowest BCUT2D eigenvalue weighted by Gasteiger charge is -2.12. The zero-order valence-electron chi connectivity index (χ0n) is 15.5. The molecule has 0 radical (unpaired) electrons. The Balaban J connectivity index is 1.65. The molecular formula is C20H24N2O4S. The molecule has 1 fully saturated rings. The maximum absolute atomic E-state index is 12.4. The van der Waals surface area contributed by atoms with Gasteiger partial charge in [-0.1, -0.05) is 6.07 Å². The third-order valence-electron chi connectivity index (χ3n) is 4.43. The van der Waals surface area contributed by atoms with Crippen LogP contribution in [0, 0.1) is 13.8 Å². The Hall–Kier alpha value is -2.22. The van der Waals surface area contributed by atoms with E-state index < -0.39 is 10.0 Å². The van der Waals surface area contributed by atoms with Gasteiger partial charge in [0.25, 0.3) is 5.91 Å². The van der Waals surface area contributed by atoms with Crippen molar-refractivity contribution in [1.82, 2.24) is 4.72 Å². The van der Waals surface area contributed by atoms with Gasteiger partial charge in [0.05, 0.1) is 11.0 Å². The van der Waals surface area contributed by atoms with Gasteiger partial charge in [-0.15, -0.1) is 0 Å². The van der Waals surface area contributed by atoms with E-state index in [2.05, 4.69) is 10.0 Å². The van der Waals surface area contributed by atoms with Crippen LogP contribution in [0.25, 0.3) is 0 Å². The van der Waals surface area contributed by atoms with E-state index in [9.17, 15) is 13.2 Å². The van der Waals surface area contributed by atoms with Crippen molar-refractivity contribution in [2.75, 3.05) is 18.5 Å². The molecule has 7 heteroatoms. The lowest BCUT2D eigenvalue weighted by molar-refractivity contribution is 0.102. The topological polar surface area (TPSA) is 84.5 Å². The van der Waals surface area contributed by atoms with Gasteiger partial charge in [0.2, 0.25) is 10.0 Å². The number of benzene rings is 2. The number of sulfonamides is 1. The highest BCUT2D eigenvalue weighted by molar-refractivity contribution is 7.89. The fraction of sp³-hybridized carbons (Fsp3) is 0.350. The molecule has 1 saturated heterocycles. The average Bonchev–Trinajstić information content (AvgIpc) is 3.13. The molecule has 0 aromatic heterocycles. The molecule has 3 rings (SSSR count). The Morgan fingerprint density at radius 2 is 1.78 bits per heavy atom. The summed E-state index contributed by atoms with van der Waals surface area (Å²) >= 11 is 0. The Kier molecular flexibility index (Phi) is 5.94. The summed E-state index contributed by atoms with van der Waals surface area (Å²) in [5.74, 6) is -0.281. The van der Waals surface area contributed by atoms with Crippen molar-refractivity contribution in [2.24, 2.45) is 0 Å². The van der Waals surface area contributed by atoms with E-state index in [1.54, 1.807) is 0 Å². The molecule has 1 unspecified atom stereocenters. The average molecular weight is 388 g/mol. The number of carbonyl (C=O) groups excluding carboxylic acids is 1. The minimum absolute atomic E-state index is 0.0670. The SMILES string of the molecule is Cc1cc(C)cc(NC(=O)c2ccc(S(=O)(=O)NCC3CCCO3)cc2)c1. The van der Waals surface area contributed by atoms with Crippen LogP contribution in [0.3, 0.4) is 0 Å². The number of nitrogens with one attached hydrogen (secondary N) is 2. The molecular weight excluding hydrogens is 364 g/mol. The van der Waals surface area contributed by atoms with Crippen molar-refractivity contribution < 1.29 is 17.9 Å². The number of aryl methyl sites for hydroxylation is 2. The molecule has 2 N–H and O–H groups in total. The summed E-state index contributed by atoms with van der Waals surface area (Å²) < 4.78 is 32.7. The van der Waals surface area contributed by atoms with Crippen molar-refractivity contribution in [3.63, 3.8) is 0 Å². The van der Waals surface area contributed by atoms with Crippen molar-refractivity contribution in [1.29, 1.82) is 0 Å². The first-order chi connectivity index (χ1) is 12.8. The molecule has 2 aromatic rings. The lowest BCUT2D eigenvalue weighted by Crippen LogP contribution is -2.31. The van der Waals surface area contributed by atoms with E-state index in [0.29, 0.717) is 17.9 Å². The van der Waals surface area contributed by atoms with E-state index >= 15 is 0 Å². The zero-order chi connectivity index (χ0) is 19.4. The minimum atomic E-state index is -3.62. The molecule has 1 aliphatic heterocycles. The molecule has 6 nitrogen and oxygen atoms in total. The maximum atomic E-state index is 12.4. The normalized spacial score (nSPS) is 17.0. The van der Waals surface area contributed by atoms with Gasteiger partial charge in [-0.2, -0.15) is 0 Å². The van der Waals surface area contributed by atoms with E-state index in [0.717, 1.165) is 24.0 Å². The van der Waals surface area contributed by atoms with Crippen LogP contribution >= 0.6 is 0 Å². The summed E-state index contributed by atoms with van der Waals surface area (Å²) in [5, 5.41) is 2.84. The fourth-order valence-corrected chi connectivity index (χ4v) is 4.19. The van der Waals surface area contributed by atoms with Gasteiger partial charge in [0.15, 0.2) is 0 Å². The van der Waals surface area contributed by atoms with E-state index in [4.69, 9.17) is 4.74 Å². The lowest BCUT2D eigenvalue weighted by atomic mass is 10.1. The van der Waals surface area contributed by atoms with Gasteiger partial charge in [-0.25, -0.2) is 13.1 Å². The summed E-state index contributed by atoms with van der Waals surface area (Å²) in [6.07, 6.45) is 1.75. The molecule has 1 atom stereocenters. The minimum Gasteiger partial charge on any atom is -0.377 e. The van der Waals surface area contributed by atoms with Crippen molar-refractivity contribution in [3.05, 3.63) is 59.2 Å². The van der Waals surface area contributed by atoms with Crippen LogP contribution in [0.2, 0.25) is 0 Å². The Bertz CT molecular complexity index is 897. The van der Waals surface area contributed by atoms with Crippen LogP contribution in [0.5, 0.6) is 0 Å². The Morgan fingerprint density at radius 3 is 2.37 bits per heavy atom. The fourth-order valence-electron chi connectivity index (χ4n) is 3.13. The van der Waals surface area contributed by atoms with E-state index in [1.807, 2.05) is 32.0 Å². The van der Waals surface area contributed by atoms with Gasteiger partial charge < -0.3 is 10.1 Å². The van der Waals surface area contributed by atoms with Crippen LogP contribution in [0.1, 0.15) is 34.3 Å². The number of hydrogen-bond donors (Lipinski definition) is 2. The standard InChI is InChI=1S/C20H24N2O4S/c1-14-10-15(2)12-17(11-14)22-20(23)16-5-7-19(8-6-16)27(24,25)21-13-18-4-3-9-26-18/h5-8,10-12,18,21H,3-4,9,13H2,1-2H3,(H,22,23). The van der Waals surface area contributed by atoms with Crippen LogP contribution < -0.4 is 10.0 Å². The third kappa shape index (κ3) is 5.15. The first-order valence-electron chi connectivity index (χ1n) is 8.94. The van der Waals surface area contributed by atoms with Crippen molar-refractivity contribution in [3.8, 4) is 0 Å². The summed E-state index contributed by atoms with van der Waals surface area (Å²) in [7, 11) is -3.62. The molecule has 144 valence electrons. The van der Waals surface area contributed by atoms with Gasteiger partial charge in [-0.05, 0) is 74.2 Å². The van der Waals surface area contributed by atoms with Crippen LogP contribution in [-0.4, -0.2) is 33.6 Å². The first kappa shape index (κ1) is 19.5. The smallest absolute Gasteiger partial charge is 0.255 e. The highest BCUT2D eigenvalue weighted by atomic mass is 32.2. The van der Waals surface area contributed by atoms with E-state index in [1.165, 1.54) is 24.3 Å². The maximum Gasteiger partial charge on any atom is 0.255 e. The van der Waals surface area contributed by atoms with Gasteiger partial charge in [0, 0.05) is 24.4 Å². The largest absolute Gasteiger partial charge is 0.377 e. The molecule has 0 saturated carbocycles. The number of carbonyl (C=O) groups is 1. The molecule has 0 aliphatic carbocycles. The molecule has 2 aromatic carbocycles. The number of anilines is 1. The Morgan fingerprint density at radius 1 is 1.11 bits per heavy atom.